The van der Waals surface area contributed by atoms with E-state index in [4.69, 9.17) is 15.9 Å². The maximum absolute atomic E-state index is 13.0. The molecule has 1 aromatic carbocycles. The van der Waals surface area contributed by atoms with E-state index < -0.39 is 60.2 Å². The number of para-hydroxylation sites is 1. The number of carboxylic acids is 2. The number of hydrogen-bond donors (Lipinski definition) is 7. The summed E-state index contributed by atoms with van der Waals surface area (Å²) in [5.41, 5.74) is 7.87. The number of benzene rings is 1. The van der Waals surface area contributed by atoms with Gasteiger partial charge in [-0.1, -0.05) is 38.5 Å². The fourth-order valence-corrected chi connectivity index (χ4v) is 3.61. The first kappa shape index (κ1) is 28.3. The molecule has 5 atom stereocenters. The van der Waals surface area contributed by atoms with E-state index in [1.165, 1.54) is 6.92 Å². The number of carbonyl (C=O) groups is 5. The molecule has 196 valence electrons. The number of aromatic nitrogens is 1. The highest BCUT2D eigenvalue weighted by molar-refractivity contribution is 5.96. The van der Waals surface area contributed by atoms with Crippen molar-refractivity contribution in [3.05, 3.63) is 36.0 Å². The summed E-state index contributed by atoms with van der Waals surface area (Å²) in [6.45, 7) is 4.73. The van der Waals surface area contributed by atoms with Crippen LogP contribution in [0, 0.1) is 5.92 Å². The molecule has 12 heteroatoms. The van der Waals surface area contributed by atoms with Crippen molar-refractivity contribution in [1.82, 2.24) is 20.9 Å². The topological polar surface area (TPSA) is 204 Å². The molecule has 0 saturated carbocycles. The van der Waals surface area contributed by atoms with E-state index >= 15 is 0 Å². The van der Waals surface area contributed by atoms with Gasteiger partial charge in [-0.15, -0.1) is 0 Å². The van der Waals surface area contributed by atoms with E-state index in [1.54, 1.807) is 20.0 Å². The average molecular weight is 504 g/mol. The van der Waals surface area contributed by atoms with Gasteiger partial charge in [-0.05, 0) is 30.9 Å². The average Bonchev–Trinajstić information content (AvgIpc) is 3.23. The predicted molar refractivity (Wildman–Crippen MR) is 131 cm³/mol. The molecule has 0 fully saturated rings. The van der Waals surface area contributed by atoms with Gasteiger partial charge in [0, 0.05) is 17.1 Å². The fourth-order valence-electron chi connectivity index (χ4n) is 3.61. The van der Waals surface area contributed by atoms with Crippen molar-refractivity contribution in [1.29, 1.82) is 0 Å². The number of H-pyrrole nitrogens is 1. The first-order valence-corrected chi connectivity index (χ1v) is 11.6. The number of nitrogens with two attached hydrogens (primary N) is 1. The summed E-state index contributed by atoms with van der Waals surface area (Å²) in [7, 11) is 0. The smallest absolute Gasteiger partial charge is 0.325 e. The highest BCUT2D eigenvalue weighted by atomic mass is 16.4. The zero-order valence-corrected chi connectivity index (χ0v) is 20.4. The zero-order valence-electron chi connectivity index (χ0n) is 20.4. The van der Waals surface area contributed by atoms with Gasteiger partial charge in [-0.3, -0.25) is 24.0 Å². The van der Waals surface area contributed by atoms with Gasteiger partial charge in [0.2, 0.25) is 17.7 Å². The third-order valence-electron chi connectivity index (χ3n) is 5.99. The van der Waals surface area contributed by atoms with Gasteiger partial charge >= 0.3 is 11.9 Å². The Kier molecular flexibility index (Phi) is 9.97. The highest BCUT2D eigenvalue weighted by Crippen LogP contribution is 2.19. The molecule has 5 unspecified atom stereocenters. The van der Waals surface area contributed by atoms with Crippen LogP contribution < -0.4 is 21.7 Å². The van der Waals surface area contributed by atoms with Crippen molar-refractivity contribution >= 4 is 40.6 Å². The first-order chi connectivity index (χ1) is 16.9. The van der Waals surface area contributed by atoms with E-state index in [0.29, 0.717) is 6.42 Å². The van der Waals surface area contributed by atoms with Crippen LogP contribution in [0.1, 0.15) is 39.2 Å². The molecule has 0 aliphatic rings. The fraction of sp³-hybridized carbons (Fsp3) is 0.458. The van der Waals surface area contributed by atoms with E-state index in [1.807, 2.05) is 24.3 Å². The standard InChI is InChI=1S/C24H33N5O7/c1-4-12(2)20(23(34)28-18(10-19(30)31)22(33)27-13(3)24(35)36)29-21(32)16(25)9-14-11-26-17-8-6-5-7-15(14)17/h5-8,11-13,16,18,20,26H,4,9-10,25H2,1-3H3,(H,27,33)(H,28,34)(H,29,32)(H,30,31)(H,35,36). The minimum Gasteiger partial charge on any atom is -0.481 e. The number of nitrogens with one attached hydrogen (secondary N) is 4. The molecule has 2 rings (SSSR count). The Bertz CT molecular complexity index is 1120. The van der Waals surface area contributed by atoms with Crippen molar-refractivity contribution in [3.8, 4) is 0 Å². The summed E-state index contributed by atoms with van der Waals surface area (Å²) in [6.07, 6.45) is 1.69. The minimum absolute atomic E-state index is 0.210. The van der Waals surface area contributed by atoms with Gasteiger partial charge in [0.05, 0.1) is 12.5 Å². The van der Waals surface area contributed by atoms with Gasteiger partial charge in [0.25, 0.3) is 0 Å². The number of rotatable bonds is 13. The van der Waals surface area contributed by atoms with Gasteiger partial charge in [-0.25, -0.2) is 0 Å². The van der Waals surface area contributed by atoms with Crippen LogP contribution in [0.2, 0.25) is 0 Å². The summed E-state index contributed by atoms with van der Waals surface area (Å²) >= 11 is 0. The summed E-state index contributed by atoms with van der Waals surface area (Å²) in [5.74, 6) is -5.39. The van der Waals surface area contributed by atoms with Crippen molar-refractivity contribution in [2.75, 3.05) is 0 Å². The SMILES string of the molecule is CCC(C)C(NC(=O)C(N)Cc1c[nH]c2ccccc12)C(=O)NC(CC(=O)O)C(=O)NC(C)C(=O)O. The summed E-state index contributed by atoms with van der Waals surface area (Å²) in [6, 6.07) is 2.64. The summed E-state index contributed by atoms with van der Waals surface area (Å²) in [5, 5.41) is 26.2. The number of aromatic amines is 1. The van der Waals surface area contributed by atoms with Crippen LogP contribution in [-0.2, 0) is 30.4 Å². The number of fused-ring (bicyclic) bond motifs is 1. The molecule has 0 spiro atoms. The molecular weight excluding hydrogens is 470 g/mol. The Morgan fingerprint density at radius 2 is 1.64 bits per heavy atom. The van der Waals surface area contributed by atoms with Crippen LogP contribution in [0.15, 0.2) is 30.5 Å². The van der Waals surface area contributed by atoms with Gasteiger partial charge in [0.15, 0.2) is 0 Å². The van der Waals surface area contributed by atoms with E-state index in [-0.39, 0.29) is 12.3 Å². The van der Waals surface area contributed by atoms with Crippen molar-refractivity contribution < 1.29 is 34.2 Å². The molecular formula is C24H33N5O7. The maximum Gasteiger partial charge on any atom is 0.325 e. The lowest BCUT2D eigenvalue weighted by Gasteiger charge is -2.27. The maximum atomic E-state index is 13.0. The Morgan fingerprint density at radius 1 is 0.972 bits per heavy atom. The molecule has 0 radical (unpaired) electrons. The van der Waals surface area contributed by atoms with Crippen molar-refractivity contribution in [2.24, 2.45) is 11.7 Å². The van der Waals surface area contributed by atoms with Crippen LogP contribution in [0.4, 0.5) is 0 Å². The Balaban J connectivity index is 2.13. The largest absolute Gasteiger partial charge is 0.481 e. The van der Waals surface area contributed by atoms with E-state index in [2.05, 4.69) is 20.9 Å². The molecule has 1 aromatic heterocycles. The summed E-state index contributed by atoms with van der Waals surface area (Å²) in [4.78, 5) is 63.8. The molecule has 0 aliphatic carbocycles. The molecule has 2 aromatic rings. The number of amides is 3. The van der Waals surface area contributed by atoms with Crippen LogP contribution in [-0.4, -0.2) is 69.0 Å². The third kappa shape index (κ3) is 7.54. The lowest BCUT2D eigenvalue weighted by molar-refractivity contribution is -0.143. The monoisotopic (exact) mass is 503 g/mol. The van der Waals surface area contributed by atoms with Crippen molar-refractivity contribution in [2.45, 2.75) is 64.2 Å². The van der Waals surface area contributed by atoms with Crippen LogP contribution in [0.5, 0.6) is 0 Å². The Labute approximate surface area is 208 Å². The molecule has 1 heterocycles. The number of hydrogen-bond acceptors (Lipinski definition) is 6. The number of carbonyl (C=O) groups excluding carboxylic acids is 3. The van der Waals surface area contributed by atoms with Crippen LogP contribution >= 0.6 is 0 Å². The number of carboxylic acid groups (broad SMARTS) is 2. The first-order valence-electron chi connectivity index (χ1n) is 11.6. The predicted octanol–water partition coefficient (Wildman–Crippen LogP) is 0.117. The lowest BCUT2D eigenvalue weighted by Crippen LogP contribution is -2.59. The molecule has 12 nitrogen and oxygen atoms in total. The molecule has 0 aliphatic heterocycles. The Morgan fingerprint density at radius 3 is 2.25 bits per heavy atom. The van der Waals surface area contributed by atoms with Gasteiger partial charge in [-0.2, -0.15) is 0 Å². The second-order valence-electron chi connectivity index (χ2n) is 8.77. The summed E-state index contributed by atoms with van der Waals surface area (Å²) < 4.78 is 0. The van der Waals surface area contributed by atoms with E-state index in [0.717, 1.165) is 16.5 Å². The zero-order chi connectivity index (χ0) is 27.0. The van der Waals surface area contributed by atoms with Crippen molar-refractivity contribution in [3.63, 3.8) is 0 Å². The van der Waals surface area contributed by atoms with Gasteiger partial charge in [0.1, 0.15) is 18.1 Å². The Hall–Kier alpha value is -3.93. The minimum atomic E-state index is -1.54. The molecule has 0 bridgehead atoms. The molecule has 3 amide bonds. The quantitative estimate of drug-likeness (QED) is 0.199. The lowest BCUT2D eigenvalue weighted by atomic mass is 9.96. The van der Waals surface area contributed by atoms with E-state index in [9.17, 15) is 24.0 Å². The molecule has 36 heavy (non-hydrogen) atoms. The van der Waals surface area contributed by atoms with Gasteiger partial charge < -0.3 is 36.9 Å². The second kappa shape index (κ2) is 12.7. The van der Waals surface area contributed by atoms with Crippen LogP contribution in [0.25, 0.3) is 10.9 Å². The van der Waals surface area contributed by atoms with Crippen LogP contribution in [0.3, 0.4) is 0 Å². The highest BCUT2D eigenvalue weighted by Gasteiger charge is 2.33. The molecule has 8 N–H and O–H groups in total. The number of aliphatic carboxylic acids is 2. The molecule has 0 saturated heterocycles. The second-order valence-corrected chi connectivity index (χ2v) is 8.77. The normalized spacial score (nSPS) is 15.2. The third-order valence-corrected chi connectivity index (χ3v) is 5.99.